The van der Waals surface area contributed by atoms with Crippen molar-refractivity contribution < 1.29 is 4.42 Å². The second-order valence-electron chi connectivity index (χ2n) is 4.74. The van der Waals surface area contributed by atoms with E-state index in [1.807, 2.05) is 26.0 Å². The van der Waals surface area contributed by atoms with Crippen molar-refractivity contribution in [1.82, 2.24) is 10.3 Å². The van der Waals surface area contributed by atoms with Crippen molar-refractivity contribution in [3.63, 3.8) is 0 Å². The van der Waals surface area contributed by atoms with Gasteiger partial charge in [0, 0.05) is 10.9 Å². The van der Waals surface area contributed by atoms with Gasteiger partial charge >= 0.3 is 0 Å². The summed E-state index contributed by atoms with van der Waals surface area (Å²) in [7, 11) is 0. The molecule has 3 nitrogen and oxygen atoms in total. The molecular formula is C14H20N2OS. The lowest BCUT2D eigenvalue weighted by Crippen LogP contribution is -2.22. The van der Waals surface area contributed by atoms with E-state index in [-0.39, 0.29) is 12.1 Å². The Kier molecular flexibility index (Phi) is 3.88. The van der Waals surface area contributed by atoms with Crippen LogP contribution in [0.5, 0.6) is 0 Å². The molecule has 2 aromatic heterocycles. The Morgan fingerprint density at radius 3 is 2.39 bits per heavy atom. The zero-order valence-electron chi connectivity index (χ0n) is 11.6. The quantitative estimate of drug-likeness (QED) is 0.904. The lowest BCUT2D eigenvalue weighted by molar-refractivity contribution is 0.393. The average molecular weight is 264 g/mol. The molecule has 0 aliphatic carbocycles. The molecule has 0 saturated carbocycles. The second kappa shape index (κ2) is 5.24. The monoisotopic (exact) mass is 264 g/mol. The summed E-state index contributed by atoms with van der Waals surface area (Å²) in [6, 6.07) is 4.53. The van der Waals surface area contributed by atoms with E-state index in [4.69, 9.17) is 4.42 Å². The Balaban J connectivity index is 2.07. The molecule has 0 aliphatic heterocycles. The first-order chi connectivity index (χ1) is 8.47. The van der Waals surface area contributed by atoms with Gasteiger partial charge in [-0.2, -0.15) is 0 Å². The molecule has 0 aromatic carbocycles. The van der Waals surface area contributed by atoms with E-state index in [2.05, 4.69) is 31.1 Å². The number of hydrogen-bond donors (Lipinski definition) is 1. The van der Waals surface area contributed by atoms with E-state index in [1.165, 1.54) is 4.88 Å². The summed E-state index contributed by atoms with van der Waals surface area (Å²) in [5, 5.41) is 4.68. The molecule has 0 fully saturated rings. The van der Waals surface area contributed by atoms with Crippen molar-refractivity contribution in [3.8, 4) is 0 Å². The molecule has 2 atom stereocenters. The Bertz CT molecular complexity index is 530. The van der Waals surface area contributed by atoms with Crippen molar-refractivity contribution >= 4 is 11.3 Å². The maximum atomic E-state index is 5.64. The fraction of sp³-hybridized carbons (Fsp3) is 0.500. The van der Waals surface area contributed by atoms with Crippen LogP contribution in [0.25, 0.3) is 0 Å². The number of nitrogens with zero attached hydrogens (tertiary/aromatic N) is 1. The molecule has 4 heteroatoms. The van der Waals surface area contributed by atoms with Gasteiger partial charge in [0.05, 0.1) is 16.7 Å². The molecule has 1 N–H and O–H groups in total. The normalized spacial score (nSPS) is 14.7. The maximum absolute atomic E-state index is 5.64. The average Bonchev–Trinajstić information content (AvgIpc) is 2.84. The van der Waals surface area contributed by atoms with Gasteiger partial charge in [-0.15, -0.1) is 11.3 Å². The van der Waals surface area contributed by atoms with E-state index in [0.29, 0.717) is 0 Å². The van der Waals surface area contributed by atoms with E-state index in [9.17, 15) is 0 Å². The third-order valence-corrected chi connectivity index (χ3v) is 4.28. The molecule has 0 saturated heterocycles. The Labute approximate surface area is 112 Å². The first kappa shape index (κ1) is 13.3. The minimum Gasteiger partial charge on any atom is -0.465 e. The number of aryl methyl sites for hydroxylation is 3. The van der Waals surface area contributed by atoms with Gasteiger partial charge in [0.15, 0.2) is 0 Å². The summed E-state index contributed by atoms with van der Waals surface area (Å²) in [5.74, 6) is 1.94. The van der Waals surface area contributed by atoms with Gasteiger partial charge < -0.3 is 9.73 Å². The summed E-state index contributed by atoms with van der Waals surface area (Å²) in [4.78, 5) is 5.78. The highest BCUT2D eigenvalue weighted by Gasteiger charge is 2.17. The van der Waals surface area contributed by atoms with Crippen LogP contribution in [0.4, 0.5) is 0 Å². The number of nitrogens with one attached hydrogen (secondary N) is 1. The van der Waals surface area contributed by atoms with Crippen LogP contribution in [0.3, 0.4) is 0 Å². The van der Waals surface area contributed by atoms with Gasteiger partial charge in [-0.25, -0.2) is 4.98 Å². The predicted octanol–water partition coefficient (Wildman–Crippen LogP) is 4.07. The third kappa shape index (κ3) is 2.82. The number of aromatic nitrogens is 1. The molecule has 0 aliphatic rings. The van der Waals surface area contributed by atoms with E-state index in [0.717, 1.165) is 22.2 Å². The van der Waals surface area contributed by atoms with Crippen molar-refractivity contribution in [2.24, 2.45) is 0 Å². The molecule has 0 amide bonds. The predicted molar refractivity (Wildman–Crippen MR) is 75.0 cm³/mol. The maximum Gasteiger partial charge on any atom is 0.120 e. The number of furan rings is 1. The highest BCUT2D eigenvalue weighted by Crippen LogP contribution is 2.27. The summed E-state index contributed by atoms with van der Waals surface area (Å²) in [6.45, 7) is 10.4. The number of thiazole rings is 1. The van der Waals surface area contributed by atoms with Gasteiger partial charge in [0.2, 0.25) is 0 Å². The molecule has 0 spiro atoms. The largest absolute Gasteiger partial charge is 0.465 e. The van der Waals surface area contributed by atoms with Crippen LogP contribution in [-0.4, -0.2) is 4.98 Å². The second-order valence-corrected chi connectivity index (χ2v) is 5.98. The van der Waals surface area contributed by atoms with Crippen LogP contribution in [0, 0.1) is 20.8 Å². The highest BCUT2D eigenvalue weighted by molar-refractivity contribution is 7.11. The number of hydrogen-bond acceptors (Lipinski definition) is 4. The molecule has 0 radical (unpaired) electrons. The zero-order valence-corrected chi connectivity index (χ0v) is 12.4. The molecule has 2 unspecified atom stereocenters. The molecule has 0 bridgehead atoms. The van der Waals surface area contributed by atoms with Crippen LogP contribution >= 0.6 is 11.3 Å². The minimum atomic E-state index is 0.204. The first-order valence-corrected chi connectivity index (χ1v) is 7.05. The molecule has 2 aromatic rings. The van der Waals surface area contributed by atoms with Crippen molar-refractivity contribution in [2.75, 3.05) is 0 Å². The van der Waals surface area contributed by atoms with Gasteiger partial charge in [0.25, 0.3) is 0 Å². The molecule has 98 valence electrons. The van der Waals surface area contributed by atoms with Gasteiger partial charge in [-0.1, -0.05) is 0 Å². The Hall–Kier alpha value is -1.13. The van der Waals surface area contributed by atoms with Crippen LogP contribution < -0.4 is 5.32 Å². The summed E-state index contributed by atoms with van der Waals surface area (Å²) >= 11 is 1.76. The zero-order chi connectivity index (χ0) is 13.3. The minimum absolute atomic E-state index is 0.204. The lowest BCUT2D eigenvalue weighted by atomic mass is 10.2. The van der Waals surface area contributed by atoms with E-state index >= 15 is 0 Å². The van der Waals surface area contributed by atoms with Crippen LogP contribution in [0.2, 0.25) is 0 Å². The molecule has 2 rings (SSSR count). The first-order valence-electron chi connectivity index (χ1n) is 6.23. The fourth-order valence-electron chi connectivity index (χ4n) is 2.17. The van der Waals surface area contributed by atoms with Crippen LogP contribution in [-0.2, 0) is 0 Å². The Morgan fingerprint density at radius 2 is 1.89 bits per heavy atom. The van der Waals surface area contributed by atoms with E-state index in [1.54, 1.807) is 11.3 Å². The third-order valence-electron chi connectivity index (χ3n) is 3.02. The van der Waals surface area contributed by atoms with Gasteiger partial charge in [0.1, 0.15) is 11.5 Å². The van der Waals surface area contributed by atoms with Crippen LogP contribution in [0.15, 0.2) is 16.5 Å². The molecule has 18 heavy (non-hydrogen) atoms. The highest BCUT2D eigenvalue weighted by atomic mass is 32.1. The summed E-state index contributed by atoms with van der Waals surface area (Å²) in [6.07, 6.45) is 0. The lowest BCUT2D eigenvalue weighted by Gasteiger charge is -2.17. The molecule has 2 heterocycles. The fourth-order valence-corrected chi connectivity index (χ4v) is 3.11. The summed E-state index contributed by atoms with van der Waals surface area (Å²) < 4.78 is 5.64. The SMILES string of the molecule is Cc1ccc(C(C)NC(C)c2sc(C)nc2C)o1. The van der Waals surface area contributed by atoms with Gasteiger partial charge in [-0.05, 0) is 46.8 Å². The van der Waals surface area contributed by atoms with E-state index < -0.39 is 0 Å². The van der Waals surface area contributed by atoms with Crippen molar-refractivity contribution in [3.05, 3.63) is 39.2 Å². The van der Waals surface area contributed by atoms with Crippen LogP contribution in [0.1, 0.15) is 53.0 Å². The summed E-state index contributed by atoms with van der Waals surface area (Å²) in [5.41, 5.74) is 1.13. The Morgan fingerprint density at radius 1 is 1.17 bits per heavy atom. The van der Waals surface area contributed by atoms with Crippen molar-refractivity contribution in [2.45, 2.75) is 46.7 Å². The number of rotatable bonds is 4. The topological polar surface area (TPSA) is 38.1 Å². The van der Waals surface area contributed by atoms with Crippen molar-refractivity contribution in [1.29, 1.82) is 0 Å². The smallest absolute Gasteiger partial charge is 0.120 e. The van der Waals surface area contributed by atoms with Gasteiger partial charge in [-0.3, -0.25) is 0 Å². The standard InChI is InChI=1S/C14H20N2OS/c1-8-6-7-13(17-8)9(2)15-10(3)14-11(4)16-12(5)18-14/h6-7,9-10,15H,1-5H3. The molecular weight excluding hydrogens is 244 g/mol.